The second-order valence-electron chi connectivity index (χ2n) is 7.33. The van der Waals surface area contributed by atoms with Crippen molar-refractivity contribution in [1.29, 1.82) is 0 Å². The van der Waals surface area contributed by atoms with E-state index >= 15 is 0 Å². The van der Waals surface area contributed by atoms with Crippen LogP contribution in [-0.2, 0) is 11.3 Å². The number of fused-ring (bicyclic) bond motifs is 1. The molecule has 1 saturated heterocycles. The number of hydrogen-bond donors (Lipinski definition) is 1. The van der Waals surface area contributed by atoms with Crippen LogP contribution in [0.3, 0.4) is 0 Å². The molecule has 1 N–H and O–H groups in total. The number of rotatable bonds is 4. The molecule has 2 fully saturated rings. The molecule has 1 heterocycles. The summed E-state index contributed by atoms with van der Waals surface area (Å²) in [6.07, 6.45) is 3.31. The Hall–Kier alpha value is -2.62. The van der Waals surface area contributed by atoms with Crippen molar-refractivity contribution in [3.63, 3.8) is 0 Å². The molecule has 1 aliphatic carbocycles. The highest BCUT2D eigenvalue weighted by molar-refractivity contribution is 5.98. The van der Waals surface area contributed by atoms with Crippen molar-refractivity contribution >= 4 is 11.8 Å². The van der Waals surface area contributed by atoms with Gasteiger partial charge in [0.15, 0.2) is 0 Å². The third-order valence-corrected chi connectivity index (χ3v) is 5.75. The zero-order valence-corrected chi connectivity index (χ0v) is 14.8. The fraction of sp³-hybridized carbons (Fsp3) is 0.364. The Balaban J connectivity index is 1.52. The van der Waals surface area contributed by atoms with E-state index in [4.69, 9.17) is 0 Å². The first-order valence-electron chi connectivity index (χ1n) is 9.41. The smallest absolute Gasteiger partial charge is 0.254 e. The number of likely N-dealkylation sites (tertiary alicyclic amines) is 1. The maximum absolute atomic E-state index is 13.0. The lowest BCUT2D eigenvalue weighted by Gasteiger charge is -2.27. The van der Waals surface area contributed by atoms with Crippen molar-refractivity contribution < 1.29 is 9.59 Å². The van der Waals surface area contributed by atoms with Crippen LogP contribution in [0.2, 0.25) is 0 Å². The normalized spacial score (nSPS) is 24.3. The molecule has 0 spiro atoms. The first-order valence-corrected chi connectivity index (χ1v) is 9.41. The van der Waals surface area contributed by atoms with E-state index in [1.54, 1.807) is 0 Å². The van der Waals surface area contributed by atoms with Gasteiger partial charge in [0.25, 0.3) is 5.91 Å². The third-order valence-electron chi connectivity index (χ3n) is 5.75. The van der Waals surface area contributed by atoms with Crippen LogP contribution < -0.4 is 5.32 Å². The lowest BCUT2D eigenvalue weighted by atomic mass is 9.93. The largest absolute Gasteiger partial charge is 0.350 e. The molecule has 1 aliphatic heterocycles. The monoisotopic (exact) mass is 348 g/mol. The van der Waals surface area contributed by atoms with Crippen LogP contribution >= 0.6 is 0 Å². The van der Waals surface area contributed by atoms with E-state index in [2.05, 4.69) is 5.32 Å². The zero-order chi connectivity index (χ0) is 17.9. The van der Waals surface area contributed by atoms with Gasteiger partial charge in [-0.2, -0.15) is 0 Å². The van der Waals surface area contributed by atoms with Crippen LogP contribution in [0.1, 0.15) is 35.2 Å². The maximum atomic E-state index is 13.0. The lowest BCUT2D eigenvalue weighted by molar-refractivity contribution is -0.126. The molecule has 4 heteroatoms. The molecule has 4 nitrogen and oxygen atoms in total. The van der Waals surface area contributed by atoms with Gasteiger partial charge in [0.05, 0.1) is 0 Å². The van der Waals surface area contributed by atoms with E-state index in [-0.39, 0.29) is 17.9 Å². The summed E-state index contributed by atoms with van der Waals surface area (Å²) in [7, 11) is 0. The molecule has 0 bridgehead atoms. The third kappa shape index (κ3) is 3.24. The number of hydrogen-bond acceptors (Lipinski definition) is 2. The summed E-state index contributed by atoms with van der Waals surface area (Å²) in [6, 6.07) is 18.9. The fourth-order valence-corrected chi connectivity index (χ4v) is 4.49. The number of carbonyl (C=O) groups excluding carboxylic acids is 2. The van der Waals surface area contributed by atoms with Crippen molar-refractivity contribution in [3.05, 3.63) is 71.8 Å². The summed E-state index contributed by atoms with van der Waals surface area (Å²) in [5.41, 5.74) is 1.73. The predicted octanol–water partition coefficient (Wildman–Crippen LogP) is 3.24. The Labute approximate surface area is 154 Å². The van der Waals surface area contributed by atoms with Crippen LogP contribution in [0.4, 0.5) is 0 Å². The molecule has 2 aliphatic rings. The zero-order valence-electron chi connectivity index (χ0n) is 14.8. The average molecular weight is 348 g/mol. The van der Waals surface area contributed by atoms with Gasteiger partial charge in [0.2, 0.25) is 5.91 Å². The van der Waals surface area contributed by atoms with Crippen LogP contribution in [0.5, 0.6) is 0 Å². The van der Waals surface area contributed by atoms with Gasteiger partial charge in [-0.1, -0.05) is 55.0 Å². The van der Waals surface area contributed by atoms with E-state index in [1.807, 2.05) is 65.6 Å². The van der Waals surface area contributed by atoms with Crippen LogP contribution in [0.15, 0.2) is 60.7 Å². The van der Waals surface area contributed by atoms with Crippen molar-refractivity contribution in [2.75, 3.05) is 6.54 Å². The maximum Gasteiger partial charge on any atom is 0.254 e. The van der Waals surface area contributed by atoms with Crippen LogP contribution in [-0.4, -0.2) is 29.3 Å². The Morgan fingerprint density at radius 1 is 0.962 bits per heavy atom. The quantitative estimate of drug-likeness (QED) is 0.922. The Morgan fingerprint density at radius 2 is 1.65 bits per heavy atom. The second-order valence-corrected chi connectivity index (χ2v) is 7.33. The molecule has 4 rings (SSSR count). The molecular weight excluding hydrogens is 324 g/mol. The Bertz CT molecular complexity index is 775. The van der Waals surface area contributed by atoms with Gasteiger partial charge in [0, 0.05) is 18.7 Å². The minimum Gasteiger partial charge on any atom is -0.350 e. The summed E-state index contributed by atoms with van der Waals surface area (Å²) < 4.78 is 0. The van der Waals surface area contributed by atoms with Gasteiger partial charge in [-0.25, -0.2) is 0 Å². The van der Waals surface area contributed by atoms with E-state index < -0.39 is 0 Å². The highest BCUT2D eigenvalue weighted by atomic mass is 16.2. The Kier molecular flexibility index (Phi) is 4.74. The highest BCUT2D eigenvalue weighted by Crippen LogP contribution is 2.42. The van der Waals surface area contributed by atoms with E-state index in [0.717, 1.165) is 24.8 Å². The summed E-state index contributed by atoms with van der Waals surface area (Å²) in [5, 5.41) is 3.06. The standard InChI is InChI=1S/C22H24N2O2/c25-21(23-14-16-8-3-1-4-9-16)20-19-13-7-12-18(19)15-24(20)22(26)17-10-5-2-6-11-17/h1-6,8-11,18-20H,7,12-15H2,(H,23,25)/t18-,19-,20-/m0/s1. The summed E-state index contributed by atoms with van der Waals surface area (Å²) in [4.78, 5) is 27.8. The molecule has 3 atom stereocenters. The van der Waals surface area contributed by atoms with Crippen LogP contribution in [0.25, 0.3) is 0 Å². The van der Waals surface area contributed by atoms with Gasteiger partial charge in [-0.05, 0) is 42.4 Å². The summed E-state index contributed by atoms with van der Waals surface area (Å²) in [5.74, 6) is 0.695. The molecule has 134 valence electrons. The van der Waals surface area contributed by atoms with E-state index in [9.17, 15) is 9.59 Å². The number of nitrogens with zero attached hydrogens (tertiary/aromatic N) is 1. The minimum absolute atomic E-state index is 0.0208. The fourth-order valence-electron chi connectivity index (χ4n) is 4.49. The van der Waals surface area contributed by atoms with Crippen LogP contribution in [0, 0.1) is 11.8 Å². The van der Waals surface area contributed by atoms with Gasteiger partial charge < -0.3 is 10.2 Å². The molecular formula is C22H24N2O2. The number of amides is 2. The number of nitrogens with one attached hydrogen (secondary N) is 1. The Morgan fingerprint density at radius 3 is 2.38 bits per heavy atom. The summed E-state index contributed by atoms with van der Waals surface area (Å²) >= 11 is 0. The van der Waals surface area contributed by atoms with Crippen molar-refractivity contribution in [2.24, 2.45) is 11.8 Å². The topological polar surface area (TPSA) is 49.4 Å². The molecule has 0 aromatic heterocycles. The van der Waals surface area contributed by atoms with E-state index in [1.165, 1.54) is 0 Å². The number of benzene rings is 2. The van der Waals surface area contributed by atoms with Gasteiger partial charge in [0.1, 0.15) is 6.04 Å². The minimum atomic E-state index is -0.348. The van der Waals surface area contributed by atoms with E-state index in [0.29, 0.717) is 30.5 Å². The molecule has 1 saturated carbocycles. The first-order chi connectivity index (χ1) is 12.7. The molecule has 2 aromatic rings. The molecule has 0 radical (unpaired) electrons. The van der Waals surface area contributed by atoms with Crippen molar-refractivity contribution in [2.45, 2.75) is 31.8 Å². The van der Waals surface area contributed by atoms with Gasteiger partial charge >= 0.3 is 0 Å². The highest BCUT2D eigenvalue weighted by Gasteiger charge is 2.49. The molecule has 2 aromatic carbocycles. The van der Waals surface area contributed by atoms with Gasteiger partial charge in [-0.3, -0.25) is 9.59 Å². The molecule has 2 amide bonds. The number of carbonyl (C=O) groups is 2. The van der Waals surface area contributed by atoms with Crippen molar-refractivity contribution in [1.82, 2.24) is 10.2 Å². The SMILES string of the molecule is O=C(NCc1ccccc1)[C@@H]1[C@H]2CCC[C@H]2CN1C(=O)c1ccccc1. The summed E-state index contributed by atoms with van der Waals surface area (Å²) in [6.45, 7) is 1.20. The molecule has 0 unspecified atom stereocenters. The second kappa shape index (κ2) is 7.32. The predicted molar refractivity (Wildman–Crippen MR) is 100 cm³/mol. The first kappa shape index (κ1) is 16.8. The van der Waals surface area contributed by atoms with Crippen molar-refractivity contribution in [3.8, 4) is 0 Å². The lowest BCUT2D eigenvalue weighted by Crippen LogP contribution is -2.48. The molecule has 26 heavy (non-hydrogen) atoms. The van der Waals surface area contributed by atoms with Gasteiger partial charge in [-0.15, -0.1) is 0 Å². The average Bonchev–Trinajstić information content (AvgIpc) is 3.28.